The molecule has 3 aromatic rings. The summed E-state index contributed by atoms with van der Waals surface area (Å²) in [5.74, 6) is 1.96. The van der Waals surface area contributed by atoms with Gasteiger partial charge in [0.15, 0.2) is 11.5 Å². The van der Waals surface area contributed by atoms with Crippen LogP contribution in [0.2, 0.25) is 0 Å². The number of hydrogen-bond donors (Lipinski definition) is 0. The predicted molar refractivity (Wildman–Crippen MR) is 132 cm³/mol. The number of carbonyl (C=O) groups excluding carboxylic acids is 2. The third kappa shape index (κ3) is 6.23. The Morgan fingerprint density at radius 3 is 2.34 bits per heavy atom. The zero-order valence-corrected chi connectivity index (χ0v) is 20.5. The highest BCUT2D eigenvalue weighted by Gasteiger charge is 2.25. The van der Waals surface area contributed by atoms with E-state index in [1.54, 1.807) is 22.1 Å². The average Bonchev–Trinajstić information content (AvgIpc) is 3.54. The molecule has 0 unspecified atom stereocenters. The number of benzene rings is 2. The highest BCUT2D eigenvalue weighted by atomic mass is 16.7. The van der Waals surface area contributed by atoms with Crippen molar-refractivity contribution in [1.29, 1.82) is 0 Å². The number of aryl methyl sites for hydroxylation is 1. The lowest BCUT2D eigenvalue weighted by atomic mass is 10.1. The van der Waals surface area contributed by atoms with E-state index in [1.807, 2.05) is 62.4 Å². The second-order valence-corrected chi connectivity index (χ2v) is 9.15. The molecule has 1 aromatic heterocycles. The van der Waals surface area contributed by atoms with E-state index in [1.165, 1.54) is 5.56 Å². The largest absolute Gasteiger partial charge is 0.467 e. The standard InChI is InChI=1S/C28H32N2O5/c1-4-21-7-10-23(11-8-21)28(32)30(15-20(2)3)18-27(31)29(17-24-6-5-13-33-24)16-22-9-12-25-26(14-22)35-19-34-25/h5-14,20H,4,15-19H2,1-3H3. The molecule has 4 rings (SSSR count). The van der Waals surface area contributed by atoms with Gasteiger partial charge in [0.1, 0.15) is 12.3 Å². The topological polar surface area (TPSA) is 72.2 Å². The first-order valence-electron chi connectivity index (χ1n) is 12.0. The van der Waals surface area contributed by atoms with Crippen molar-refractivity contribution < 1.29 is 23.5 Å². The molecule has 0 bridgehead atoms. The van der Waals surface area contributed by atoms with Crippen LogP contribution in [0.25, 0.3) is 0 Å². The number of rotatable bonds is 10. The molecule has 0 N–H and O–H groups in total. The van der Waals surface area contributed by atoms with E-state index < -0.39 is 0 Å². The van der Waals surface area contributed by atoms with Gasteiger partial charge < -0.3 is 23.7 Å². The number of nitrogens with zero attached hydrogens (tertiary/aromatic N) is 2. The molecule has 0 saturated carbocycles. The first-order chi connectivity index (χ1) is 16.9. The summed E-state index contributed by atoms with van der Waals surface area (Å²) in [5, 5.41) is 0. The van der Waals surface area contributed by atoms with E-state index in [4.69, 9.17) is 13.9 Å². The van der Waals surface area contributed by atoms with Gasteiger partial charge in [-0.25, -0.2) is 0 Å². The molecule has 0 spiro atoms. The Kier molecular flexibility index (Phi) is 7.75. The minimum absolute atomic E-state index is 0.0161. The maximum Gasteiger partial charge on any atom is 0.254 e. The smallest absolute Gasteiger partial charge is 0.254 e. The molecular weight excluding hydrogens is 444 g/mol. The molecular formula is C28H32N2O5. The number of hydrogen-bond acceptors (Lipinski definition) is 5. The molecule has 0 aliphatic carbocycles. The fourth-order valence-corrected chi connectivity index (χ4v) is 4.07. The minimum atomic E-state index is -0.154. The van der Waals surface area contributed by atoms with E-state index in [0.29, 0.717) is 42.5 Å². The normalized spacial score (nSPS) is 12.1. The Balaban J connectivity index is 1.53. The lowest BCUT2D eigenvalue weighted by Crippen LogP contribution is -2.43. The van der Waals surface area contributed by atoms with Crippen molar-refractivity contribution in [3.8, 4) is 11.5 Å². The molecule has 2 amide bonds. The molecule has 1 aliphatic rings. The summed E-state index contributed by atoms with van der Waals surface area (Å²) in [6.07, 6.45) is 2.50. The third-order valence-corrected chi connectivity index (χ3v) is 5.90. The van der Waals surface area contributed by atoms with Crippen molar-refractivity contribution in [2.75, 3.05) is 19.9 Å². The van der Waals surface area contributed by atoms with Crippen LogP contribution < -0.4 is 9.47 Å². The fourth-order valence-electron chi connectivity index (χ4n) is 4.07. The van der Waals surface area contributed by atoms with E-state index in [-0.39, 0.29) is 31.1 Å². The van der Waals surface area contributed by atoms with Crippen LogP contribution >= 0.6 is 0 Å². The van der Waals surface area contributed by atoms with Crippen LogP contribution in [0.4, 0.5) is 0 Å². The van der Waals surface area contributed by atoms with Crippen LogP contribution in [0.15, 0.2) is 65.3 Å². The first-order valence-corrected chi connectivity index (χ1v) is 12.0. The molecule has 184 valence electrons. The van der Waals surface area contributed by atoms with Gasteiger partial charge in [-0.2, -0.15) is 0 Å². The Morgan fingerprint density at radius 1 is 0.914 bits per heavy atom. The second-order valence-electron chi connectivity index (χ2n) is 9.15. The quantitative estimate of drug-likeness (QED) is 0.416. The van der Waals surface area contributed by atoms with Gasteiger partial charge in [-0.1, -0.05) is 39.0 Å². The maximum absolute atomic E-state index is 13.6. The highest BCUT2D eigenvalue weighted by Crippen LogP contribution is 2.33. The van der Waals surface area contributed by atoms with Gasteiger partial charge in [-0.3, -0.25) is 9.59 Å². The van der Waals surface area contributed by atoms with Crippen molar-refractivity contribution >= 4 is 11.8 Å². The van der Waals surface area contributed by atoms with Crippen molar-refractivity contribution in [2.24, 2.45) is 5.92 Å². The van der Waals surface area contributed by atoms with E-state index in [0.717, 1.165) is 12.0 Å². The van der Waals surface area contributed by atoms with Gasteiger partial charge in [-0.15, -0.1) is 0 Å². The molecule has 2 heterocycles. The van der Waals surface area contributed by atoms with Crippen molar-refractivity contribution in [2.45, 2.75) is 40.3 Å². The van der Waals surface area contributed by atoms with Crippen LogP contribution in [-0.4, -0.2) is 41.5 Å². The summed E-state index contributed by atoms with van der Waals surface area (Å²) in [4.78, 5) is 30.3. The number of amides is 2. The molecule has 2 aromatic carbocycles. The van der Waals surface area contributed by atoms with Crippen molar-refractivity contribution in [3.05, 3.63) is 83.3 Å². The lowest BCUT2D eigenvalue weighted by Gasteiger charge is -2.28. The second kappa shape index (κ2) is 11.1. The molecule has 35 heavy (non-hydrogen) atoms. The molecule has 7 heteroatoms. The van der Waals surface area contributed by atoms with Gasteiger partial charge in [0, 0.05) is 18.7 Å². The van der Waals surface area contributed by atoms with Crippen LogP contribution in [0, 0.1) is 5.92 Å². The summed E-state index contributed by atoms with van der Waals surface area (Å²) in [6.45, 7) is 7.47. The molecule has 1 aliphatic heterocycles. The summed E-state index contributed by atoms with van der Waals surface area (Å²) >= 11 is 0. The lowest BCUT2D eigenvalue weighted by molar-refractivity contribution is -0.133. The summed E-state index contributed by atoms with van der Waals surface area (Å²) in [6, 6.07) is 16.9. The fraction of sp³-hybridized carbons (Fsp3) is 0.357. The number of furan rings is 1. The monoisotopic (exact) mass is 476 g/mol. The van der Waals surface area contributed by atoms with Crippen molar-refractivity contribution in [1.82, 2.24) is 9.80 Å². The van der Waals surface area contributed by atoms with E-state index >= 15 is 0 Å². The van der Waals surface area contributed by atoms with Crippen molar-refractivity contribution in [3.63, 3.8) is 0 Å². The Labute approximate surface area is 206 Å². The SMILES string of the molecule is CCc1ccc(C(=O)N(CC(=O)N(Cc2ccc3c(c2)OCO3)Cc2ccco2)CC(C)C)cc1. The van der Waals surface area contributed by atoms with Crippen LogP contribution in [0.5, 0.6) is 11.5 Å². The van der Waals surface area contributed by atoms with E-state index in [9.17, 15) is 9.59 Å². The van der Waals surface area contributed by atoms with Gasteiger partial charge in [0.05, 0.1) is 12.8 Å². The summed E-state index contributed by atoms with van der Waals surface area (Å²) in [5.41, 5.74) is 2.66. The summed E-state index contributed by atoms with van der Waals surface area (Å²) < 4.78 is 16.4. The van der Waals surface area contributed by atoms with Gasteiger partial charge >= 0.3 is 0 Å². The minimum Gasteiger partial charge on any atom is -0.467 e. The van der Waals surface area contributed by atoms with Crippen LogP contribution in [-0.2, 0) is 24.3 Å². The molecule has 7 nitrogen and oxygen atoms in total. The number of carbonyl (C=O) groups is 2. The molecule has 0 radical (unpaired) electrons. The molecule has 0 atom stereocenters. The Hall–Kier alpha value is -3.74. The first kappa shape index (κ1) is 24.4. The zero-order chi connectivity index (χ0) is 24.8. The van der Waals surface area contributed by atoms with E-state index in [2.05, 4.69) is 6.92 Å². The number of fused-ring (bicyclic) bond motifs is 1. The Bertz CT molecular complexity index is 1140. The van der Waals surface area contributed by atoms with Crippen LogP contribution in [0.3, 0.4) is 0 Å². The Morgan fingerprint density at radius 2 is 1.66 bits per heavy atom. The molecule has 0 saturated heterocycles. The van der Waals surface area contributed by atoms with Gasteiger partial charge in [-0.05, 0) is 59.9 Å². The maximum atomic E-state index is 13.6. The van der Waals surface area contributed by atoms with Crippen LogP contribution in [0.1, 0.15) is 48.0 Å². The van der Waals surface area contributed by atoms with Gasteiger partial charge in [0.25, 0.3) is 5.91 Å². The average molecular weight is 477 g/mol. The predicted octanol–water partition coefficient (Wildman–Crippen LogP) is 4.90. The zero-order valence-electron chi connectivity index (χ0n) is 20.5. The molecule has 0 fully saturated rings. The highest BCUT2D eigenvalue weighted by molar-refractivity contribution is 5.96. The number of ether oxygens (including phenoxy) is 2. The van der Waals surface area contributed by atoms with Gasteiger partial charge in [0.2, 0.25) is 12.7 Å². The summed E-state index contributed by atoms with van der Waals surface area (Å²) in [7, 11) is 0. The third-order valence-electron chi connectivity index (χ3n) is 5.90.